The smallest absolute Gasteiger partial charge is 0.196 e. The molecule has 0 aliphatic heterocycles. The van der Waals surface area contributed by atoms with Crippen LogP contribution in [0.3, 0.4) is 0 Å². The van der Waals surface area contributed by atoms with E-state index in [1.807, 2.05) is 47.8 Å². The minimum atomic E-state index is 0.537. The van der Waals surface area contributed by atoms with Gasteiger partial charge in [0.15, 0.2) is 17.1 Å². The Morgan fingerprint density at radius 3 is 2.95 bits per heavy atom. The molecule has 0 atom stereocenters. The number of hydrogen-bond acceptors (Lipinski definition) is 5. The Balaban J connectivity index is 2.14. The molecule has 20 heavy (non-hydrogen) atoms. The van der Waals surface area contributed by atoms with E-state index in [4.69, 9.17) is 4.74 Å². The van der Waals surface area contributed by atoms with Crippen molar-refractivity contribution in [1.29, 1.82) is 0 Å². The fraction of sp³-hybridized carbons (Fsp3) is 0.143. The lowest BCUT2D eigenvalue weighted by atomic mass is 10.2. The van der Waals surface area contributed by atoms with E-state index in [2.05, 4.69) is 4.98 Å². The molecule has 6 heteroatoms. The van der Waals surface area contributed by atoms with Crippen LogP contribution in [0.5, 0.6) is 5.75 Å². The highest BCUT2D eigenvalue weighted by molar-refractivity contribution is 7.15. The van der Waals surface area contributed by atoms with Crippen molar-refractivity contribution in [2.24, 2.45) is 0 Å². The number of para-hydroxylation sites is 2. The summed E-state index contributed by atoms with van der Waals surface area (Å²) in [6.07, 6.45) is 2.67. The SMILES string of the molecule is COc1ccccc1N(C)c1nc2sccn2c1C=O. The lowest BCUT2D eigenvalue weighted by Gasteiger charge is -2.19. The van der Waals surface area contributed by atoms with Gasteiger partial charge in [0.2, 0.25) is 0 Å². The molecule has 5 nitrogen and oxygen atoms in total. The number of ether oxygens (including phenoxy) is 1. The molecule has 102 valence electrons. The topological polar surface area (TPSA) is 46.8 Å². The molecule has 0 aliphatic carbocycles. The molecule has 0 saturated heterocycles. The zero-order valence-corrected chi connectivity index (χ0v) is 11.9. The second-order valence-electron chi connectivity index (χ2n) is 4.22. The number of hydrogen-bond donors (Lipinski definition) is 0. The Hall–Kier alpha value is -2.34. The van der Waals surface area contributed by atoms with E-state index in [0.29, 0.717) is 11.5 Å². The number of fused-ring (bicyclic) bond motifs is 1. The van der Waals surface area contributed by atoms with Crippen molar-refractivity contribution in [1.82, 2.24) is 9.38 Å². The van der Waals surface area contributed by atoms with Gasteiger partial charge in [0.25, 0.3) is 0 Å². The summed E-state index contributed by atoms with van der Waals surface area (Å²) in [6, 6.07) is 7.64. The molecule has 0 fully saturated rings. The van der Waals surface area contributed by atoms with Gasteiger partial charge in [-0.25, -0.2) is 4.98 Å². The third-order valence-electron chi connectivity index (χ3n) is 3.16. The molecule has 0 amide bonds. The Morgan fingerprint density at radius 1 is 1.40 bits per heavy atom. The van der Waals surface area contributed by atoms with Gasteiger partial charge in [0.1, 0.15) is 11.4 Å². The number of imidazole rings is 1. The maximum Gasteiger partial charge on any atom is 0.196 e. The number of carbonyl (C=O) groups is 1. The largest absolute Gasteiger partial charge is 0.495 e. The van der Waals surface area contributed by atoms with E-state index in [0.717, 1.165) is 22.7 Å². The van der Waals surface area contributed by atoms with E-state index in [1.54, 1.807) is 11.5 Å². The van der Waals surface area contributed by atoms with E-state index in [1.165, 1.54) is 11.3 Å². The number of carbonyl (C=O) groups excluding carboxylic acids is 1. The predicted molar refractivity (Wildman–Crippen MR) is 79.5 cm³/mol. The standard InChI is InChI=1S/C14H13N3O2S/c1-16(10-5-3-4-6-12(10)19-2)13-11(9-18)17-7-8-20-14(17)15-13/h3-9H,1-2H3. The number of anilines is 2. The molecule has 3 rings (SSSR count). The quantitative estimate of drug-likeness (QED) is 0.692. The van der Waals surface area contributed by atoms with Gasteiger partial charge in [-0.1, -0.05) is 12.1 Å². The molecule has 2 aromatic heterocycles. The summed E-state index contributed by atoms with van der Waals surface area (Å²) in [5.41, 5.74) is 1.40. The van der Waals surface area contributed by atoms with Crippen molar-refractivity contribution < 1.29 is 9.53 Å². The summed E-state index contributed by atoms with van der Waals surface area (Å²) in [4.78, 5) is 18.6. The molecular formula is C14H13N3O2S. The minimum Gasteiger partial charge on any atom is -0.495 e. The molecule has 1 aromatic carbocycles. The Morgan fingerprint density at radius 2 is 2.20 bits per heavy atom. The highest BCUT2D eigenvalue weighted by Gasteiger charge is 2.19. The van der Waals surface area contributed by atoms with Crippen LogP contribution in [0.25, 0.3) is 4.96 Å². The molecule has 0 spiro atoms. The van der Waals surface area contributed by atoms with Crippen molar-refractivity contribution in [3.63, 3.8) is 0 Å². The number of aldehydes is 1. The maximum absolute atomic E-state index is 11.4. The van der Waals surface area contributed by atoms with Crippen LogP contribution in [0.1, 0.15) is 10.5 Å². The van der Waals surface area contributed by atoms with Crippen molar-refractivity contribution >= 4 is 34.1 Å². The third-order valence-corrected chi connectivity index (χ3v) is 3.91. The lowest BCUT2D eigenvalue weighted by molar-refractivity contribution is 0.111. The Bertz CT molecular complexity index is 763. The molecule has 0 radical (unpaired) electrons. The molecule has 3 aromatic rings. The number of benzene rings is 1. The molecule has 0 N–H and O–H groups in total. The molecule has 0 unspecified atom stereocenters. The highest BCUT2D eigenvalue weighted by Crippen LogP contribution is 2.33. The zero-order valence-electron chi connectivity index (χ0n) is 11.1. The predicted octanol–water partition coefficient (Wildman–Crippen LogP) is 2.98. The maximum atomic E-state index is 11.4. The van der Waals surface area contributed by atoms with E-state index < -0.39 is 0 Å². The van der Waals surface area contributed by atoms with Crippen LogP contribution in [0.15, 0.2) is 35.8 Å². The second-order valence-corrected chi connectivity index (χ2v) is 5.10. The van der Waals surface area contributed by atoms with Gasteiger partial charge in [0.05, 0.1) is 12.8 Å². The average Bonchev–Trinajstić information content (AvgIpc) is 3.06. The highest BCUT2D eigenvalue weighted by atomic mass is 32.1. The normalized spacial score (nSPS) is 10.7. The van der Waals surface area contributed by atoms with Crippen molar-refractivity contribution in [2.45, 2.75) is 0 Å². The van der Waals surface area contributed by atoms with E-state index in [9.17, 15) is 4.79 Å². The van der Waals surface area contributed by atoms with Crippen LogP contribution in [-0.2, 0) is 0 Å². The summed E-state index contributed by atoms with van der Waals surface area (Å²) in [5.74, 6) is 1.36. The van der Waals surface area contributed by atoms with Gasteiger partial charge in [-0.3, -0.25) is 9.20 Å². The number of nitrogens with zero attached hydrogens (tertiary/aromatic N) is 3. The molecule has 0 saturated carbocycles. The van der Waals surface area contributed by atoms with Crippen LogP contribution >= 0.6 is 11.3 Å². The third kappa shape index (κ3) is 1.85. The Labute approximate surface area is 120 Å². The number of thiazole rings is 1. The molecular weight excluding hydrogens is 274 g/mol. The molecule has 0 aliphatic rings. The number of methoxy groups -OCH3 is 1. The van der Waals surface area contributed by atoms with Gasteiger partial charge < -0.3 is 9.64 Å². The number of aromatic nitrogens is 2. The van der Waals surface area contributed by atoms with Gasteiger partial charge >= 0.3 is 0 Å². The minimum absolute atomic E-state index is 0.537. The van der Waals surface area contributed by atoms with Gasteiger partial charge in [-0.05, 0) is 12.1 Å². The van der Waals surface area contributed by atoms with Crippen LogP contribution in [0.2, 0.25) is 0 Å². The first-order chi connectivity index (χ1) is 9.76. The van der Waals surface area contributed by atoms with E-state index in [-0.39, 0.29) is 0 Å². The summed E-state index contributed by atoms with van der Waals surface area (Å²) in [6.45, 7) is 0. The first-order valence-corrected chi connectivity index (χ1v) is 6.91. The summed E-state index contributed by atoms with van der Waals surface area (Å²) in [7, 11) is 3.50. The summed E-state index contributed by atoms with van der Waals surface area (Å²) < 4.78 is 7.15. The van der Waals surface area contributed by atoms with Gasteiger partial charge in [-0.2, -0.15) is 0 Å². The van der Waals surface area contributed by atoms with Gasteiger partial charge in [0, 0.05) is 18.6 Å². The van der Waals surface area contributed by atoms with E-state index >= 15 is 0 Å². The van der Waals surface area contributed by atoms with Crippen LogP contribution < -0.4 is 9.64 Å². The summed E-state index contributed by atoms with van der Waals surface area (Å²) in [5, 5.41) is 1.90. The number of rotatable bonds is 4. The second kappa shape index (κ2) is 4.97. The first kappa shape index (κ1) is 12.7. The fourth-order valence-electron chi connectivity index (χ4n) is 2.17. The van der Waals surface area contributed by atoms with Crippen LogP contribution in [0.4, 0.5) is 11.5 Å². The van der Waals surface area contributed by atoms with Crippen LogP contribution in [0, 0.1) is 0 Å². The lowest BCUT2D eigenvalue weighted by Crippen LogP contribution is -2.13. The van der Waals surface area contributed by atoms with Gasteiger partial charge in [-0.15, -0.1) is 11.3 Å². The molecule has 2 heterocycles. The Kier molecular flexibility index (Phi) is 3.15. The van der Waals surface area contributed by atoms with Crippen molar-refractivity contribution in [3.05, 3.63) is 41.5 Å². The first-order valence-electron chi connectivity index (χ1n) is 6.03. The fourth-order valence-corrected chi connectivity index (χ4v) is 2.89. The van der Waals surface area contributed by atoms with Crippen molar-refractivity contribution in [2.75, 3.05) is 19.1 Å². The van der Waals surface area contributed by atoms with Crippen LogP contribution in [-0.4, -0.2) is 29.8 Å². The van der Waals surface area contributed by atoms with Crippen molar-refractivity contribution in [3.8, 4) is 5.75 Å². The average molecular weight is 287 g/mol. The molecule has 0 bridgehead atoms. The summed E-state index contributed by atoms with van der Waals surface area (Å²) >= 11 is 1.50. The monoisotopic (exact) mass is 287 g/mol. The zero-order chi connectivity index (χ0) is 14.1.